The van der Waals surface area contributed by atoms with Gasteiger partial charge in [-0.05, 0) is 18.2 Å². The molecule has 1 aromatic rings. The molecule has 0 saturated heterocycles. The van der Waals surface area contributed by atoms with Crippen LogP contribution in [0.4, 0.5) is 5.69 Å². The second kappa shape index (κ2) is 6.35. The molecule has 16 heavy (non-hydrogen) atoms. The molecule has 88 valence electrons. The Morgan fingerprint density at radius 3 is 2.81 bits per heavy atom. The fourth-order valence-electron chi connectivity index (χ4n) is 1.17. The molecular formula is C11H14ClNO3. The number of nitrogens with two attached hydrogens (primary N) is 1. The van der Waals surface area contributed by atoms with Crippen molar-refractivity contribution in [3.63, 3.8) is 0 Å². The zero-order valence-corrected chi connectivity index (χ0v) is 9.79. The van der Waals surface area contributed by atoms with Crippen molar-refractivity contribution >= 4 is 23.3 Å². The molecule has 0 spiro atoms. The van der Waals surface area contributed by atoms with Gasteiger partial charge in [0.1, 0.15) is 0 Å². The van der Waals surface area contributed by atoms with Gasteiger partial charge in [0.25, 0.3) is 0 Å². The van der Waals surface area contributed by atoms with Gasteiger partial charge in [-0.1, -0.05) is 11.6 Å². The molecule has 0 bridgehead atoms. The molecule has 1 aromatic carbocycles. The first-order valence-corrected chi connectivity index (χ1v) is 5.24. The standard InChI is InChI=1S/C11H14ClNO3/c1-15-5-2-6-16-11(14)9-4-3-8(12)7-10(9)13/h3-4,7H,2,5-6,13H2,1H3. The van der Waals surface area contributed by atoms with E-state index in [2.05, 4.69) is 0 Å². The third-order valence-electron chi connectivity index (χ3n) is 1.96. The average molecular weight is 244 g/mol. The van der Waals surface area contributed by atoms with Crippen LogP contribution < -0.4 is 5.73 Å². The van der Waals surface area contributed by atoms with Crippen molar-refractivity contribution in [2.75, 3.05) is 26.1 Å². The van der Waals surface area contributed by atoms with Crippen molar-refractivity contribution in [2.45, 2.75) is 6.42 Å². The van der Waals surface area contributed by atoms with Crippen molar-refractivity contribution in [3.05, 3.63) is 28.8 Å². The van der Waals surface area contributed by atoms with Crippen LogP contribution in [0.15, 0.2) is 18.2 Å². The van der Waals surface area contributed by atoms with E-state index in [9.17, 15) is 4.79 Å². The summed E-state index contributed by atoms with van der Waals surface area (Å²) in [7, 11) is 1.60. The number of rotatable bonds is 5. The minimum absolute atomic E-state index is 0.314. The lowest BCUT2D eigenvalue weighted by atomic mass is 10.2. The summed E-state index contributed by atoms with van der Waals surface area (Å²) < 4.78 is 9.84. The highest BCUT2D eigenvalue weighted by molar-refractivity contribution is 6.31. The first-order valence-electron chi connectivity index (χ1n) is 4.86. The maximum atomic E-state index is 11.6. The zero-order valence-electron chi connectivity index (χ0n) is 9.03. The molecule has 0 amide bonds. The normalized spacial score (nSPS) is 10.1. The molecule has 5 heteroatoms. The zero-order chi connectivity index (χ0) is 12.0. The van der Waals surface area contributed by atoms with Gasteiger partial charge in [0, 0.05) is 30.8 Å². The summed E-state index contributed by atoms with van der Waals surface area (Å²) in [5.74, 6) is -0.440. The van der Waals surface area contributed by atoms with Gasteiger partial charge in [-0.3, -0.25) is 0 Å². The summed E-state index contributed by atoms with van der Waals surface area (Å²) in [6.07, 6.45) is 0.662. The van der Waals surface area contributed by atoms with Gasteiger partial charge in [-0.2, -0.15) is 0 Å². The van der Waals surface area contributed by atoms with Gasteiger partial charge in [0.2, 0.25) is 0 Å². The molecule has 1 rings (SSSR count). The largest absolute Gasteiger partial charge is 0.462 e. The fourth-order valence-corrected chi connectivity index (χ4v) is 1.35. The first-order chi connectivity index (χ1) is 7.65. The summed E-state index contributed by atoms with van der Waals surface area (Å²) in [5, 5.41) is 0.494. The van der Waals surface area contributed by atoms with E-state index in [4.69, 9.17) is 26.8 Å². The van der Waals surface area contributed by atoms with Gasteiger partial charge >= 0.3 is 5.97 Å². The molecule has 0 heterocycles. The fraction of sp³-hybridized carbons (Fsp3) is 0.364. The SMILES string of the molecule is COCCCOC(=O)c1ccc(Cl)cc1N. The Morgan fingerprint density at radius 1 is 1.44 bits per heavy atom. The van der Waals surface area contributed by atoms with E-state index in [1.807, 2.05) is 0 Å². The molecule has 0 aliphatic heterocycles. The number of nitrogen functional groups attached to an aromatic ring is 1. The summed E-state index contributed by atoms with van der Waals surface area (Å²) in [4.78, 5) is 11.6. The Morgan fingerprint density at radius 2 is 2.19 bits per heavy atom. The summed E-state index contributed by atoms with van der Waals surface area (Å²) in [6, 6.07) is 4.67. The van der Waals surface area contributed by atoms with Crippen LogP contribution in [0.2, 0.25) is 5.02 Å². The number of ether oxygens (including phenoxy) is 2. The highest BCUT2D eigenvalue weighted by Gasteiger charge is 2.10. The van der Waals surface area contributed by atoms with Crippen LogP contribution in [0.3, 0.4) is 0 Å². The van der Waals surface area contributed by atoms with Crippen molar-refractivity contribution in [2.24, 2.45) is 0 Å². The predicted octanol–water partition coefficient (Wildman–Crippen LogP) is 2.12. The quantitative estimate of drug-likeness (QED) is 0.489. The maximum Gasteiger partial charge on any atom is 0.340 e. The second-order valence-electron chi connectivity index (χ2n) is 3.21. The number of carbonyl (C=O) groups is 1. The van der Waals surface area contributed by atoms with Crippen LogP contribution in [-0.2, 0) is 9.47 Å². The molecular weight excluding hydrogens is 230 g/mol. The molecule has 0 atom stereocenters. The number of anilines is 1. The van der Waals surface area contributed by atoms with E-state index >= 15 is 0 Å². The third-order valence-corrected chi connectivity index (χ3v) is 2.19. The lowest BCUT2D eigenvalue weighted by Gasteiger charge is -2.06. The molecule has 0 fully saturated rings. The van der Waals surface area contributed by atoms with Crippen LogP contribution in [0.25, 0.3) is 0 Å². The van der Waals surface area contributed by atoms with Gasteiger partial charge in [0.15, 0.2) is 0 Å². The molecule has 0 aliphatic rings. The molecule has 2 N–H and O–H groups in total. The predicted molar refractivity (Wildman–Crippen MR) is 62.6 cm³/mol. The smallest absolute Gasteiger partial charge is 0.340 e. The van der Waals surface area contributed by atoms with Crippen molar-refractivity contribution in [1.29, 1.82) is 0 Å². The van der Waals surface area contributed by atoms with Crippen molar-refractivity contribution in [1.82, 2.24) is 0 Å². The van der Waals surface area contributed by atoms with E-state index < -0.39 is 5.97 Å². The maximum absolute atomic E-state index is 11.6. The van der Waals surface area contributed by atoms with Crippen molar-refractivity contribution < 1.29 is 14.3 Å². The van der Waals surface area contributed by atoms with Gasteiger partial charge in [-0.25, -0.2) is 4.79 Å². The molecule has 0 aliphatic carbocycles. The number of benzene rings is 1. The lowest BCUT2D eigenvalue weighted by molar-refractivity contribution is 0.0469. The van der Waals surface area contributed by atoms with E-state index in [0.717, 1.165) is 0 Å². The van der Waals surface area contributed by atoms with Crippen LogP contribution in [0.5, 0.6) is 0 Å². The van der Waals surface area contributed by atoms with E-state index in [-0.39, 0.29) is 0 Å². The average Bonchev–Trinajstić information content (AvgIpc) is 2.24. The van der Waals surface area contributed by atoms with Crippen LogP contribution in [-0.4, -0.2) is 26.3 Å². The first kappa shape index (κ1) is 12.8. The Kier molecular flexibility index (Phi) is 5.08. The highest BCUT2D eigenvalue weighted by Crippen LogP contribution is 2.18. The number of esters is 1. The monoisotopic (exact) mass is 243 g/mol. The summed E-state index contributed by atoms with van der Waals surface area (Å²) in [6.45, 7) is 0.873. The third kappa shape index (κ3) is 3.72. The van der Waals surface area contributed by atoms with Gasteiger partial charge < -0.3 is 15.2 Å². The van der Waals surface area contributed by atoms with E-state index in [0.29, 0.717) is 35.9 Å². The number of hydrogen-bond donors (Lipinski definition) is 1. The summed E-state index contributed by atoms with van der Waals surface area (Å²) in [5.41, 5.74) is 6.30. The molecule has 4 nitrogen and oxygen atoms in total. The summed E-state index contributed by atoms with van der Waals surface area (Å²) >= 11 is 5.72. The Hall–Kier alpha value is -1.26. The second-order valence-corrected chi connectivity index (χ2v) is 3.65. The van der Waals surface area contributed by atoms with Crippen LogP contribution >= 0.6 is 11.6 Å². The van der Waals surface area contributed by atoms with Crippen molar-refractivity contribution in [3.8, 4) is 0 Å². The Labute approximate surface area is 99.3 Å². The molecule has 0 unspecified atom stereocenters. The highest BCUT2D eigenvalue weighted by atomic mass is 35.5. The van der Waals surface area contributed by atoms with E-state index in [1.165, 1.54) is 6.07 Å². The van der Waals surface area contributed by atoms with E-state index in [1.54, 1.807) is 19.2 Å². The number of carbonyl (C=O) groups excluding carboxylic acids is 1. The number of halogens is 1. The molecule has 0 saturated carbocycles. The number of methoxy groups -OCH3 is 1. The van der Waals surface area contributed by atoms with Crippen LogP contribution in [0.1, 0.15) is 16.8 Å². The molecule has 0 radical (unpaired) electrons. The number of hydrogen-bond acceptors (Lipinski definition) is 4. The minimum atomic E-state index is -0.440. The molecule has 0 aromatic heterocycles. The Balaban J connectivity index is 2.53. The lowest BCUT2D eigenvalue weighted by Crippen LogP contribution is -2.10. The Bertz CT molecular complexity index is 368. The van der Waals surface area contributed by atoms with Gasteiger partial charge in [0.05, 0.1) is 12.2 Å². The van der Waals surface area contributed by atoms with Crippen LogP contribution in [0, 0.1) is 0 Å². The van der Waals surface area contributed by atoms with Gasteiger partial charge in [-0.15, -0.1) is 0 Å². The topological polar surface area (TPSA) is 61.5 Å². The minimum Gasteiger partial charge on any atom is -0.462 e.